The second kappa shape index (κ2) is 7.79. The Bertz CT molecular complexity index is 436. The fourth-order valence-electron chi connectivity index (χ4n) is 2.29. The van der Waals surface area contributed by atoms with Crippen LogP contribution in [0.4, 0.5) is 0 Å². The summed E-state index contributed by atoms with van der Waals surface area (Å²) in [5.41, 5.74) is 0. The van der Waals surface area contributed by atoms with E-state index in [1.807, 2.05) is 23.9 Å². The molecular formula is C15H21Cl2NOS. The van der Waals surface area contributed by atoms with Crippen molar-refractivity contribution < 1.29 is 4.74 Å². The fraction of sp³-hybridized carbons (Fsp3) is 0.600. The van der Waals surface area contributed by atoms with E-state index in [4.69, 9.17) is 27.9 Å². The molecule has 20 heavy (non-hydrogen) atoms. The molecule has 1 N–H and O–H groups in total. The molecular weight excluding hydrogens is 313 g/mol. The quantitative estimate of drug-likeness (QED) is 0.828. The molecule has 112 valence electrons. The Labute approximate surface area is 135 Å². The predicted molar refractivity (Wildman–Crippen MR) is 89.4 cm³/mol. The first-order valence-corrected chi connectivity index (χ1v) is 8.81. The maximum atomic E-state index is 6.23. The number of thioether (sulfide) groups is 1. The van der Waals surface area contributed by atoms with Gasteiger partial charge in [-0.15, -0.1) is 0 Å². The zero-order valence-corrected chi connectivity index (χ0v) is 14.2. The zero-order valence-electron chi connectivity index (χ0n) is 11.9. The van der Waals surface area contributed by atoms with E-state index in [0.717, 1.165) is 25.3 Å². The zero-order chi connectivity index (χ0) is 14.5. The van der Waals surface area contributed by atoms with Crippen molar-refractivity contribution in [1.29, 1.82) is 0 Å². The number of ether oxygens (including phenoxy) is 1. The molecule has 0 aliphatic carbocycles. The van der Waals surface area contributed by atoms with Gasteiger partial charge in [-0.25, -0.2) is 0 Å². The Morgan fingerprint density at radius 2 is 2.20 bits per heavy atom. The van der Waals surface area contributed by atoms with E-state index in [9.17, 15) is 0 Å². The minimum absolute atomic E-state index is 0.174. The Hall–Kier alpha value is -0.0900. The summed E-state index contributed by atoms with van der Waals surface area (Å²) in [7, 11) is 0. The molecule has 2 nitrogen and oxygen atoms in total. The average molecular weight is 334 g/mol. The maximum Gasteiger partial charge on any atom is 0.139 e. The number of halogens is 2. The summed E-state index contributed by atoms with van der Waals surface area (Å²) in [6, 6.07) is 5.55. The first-order chi connectivity index (χ1) is 9.58. The van der Waals surface area contributed by atoms with Crippen LogP contribution in [0.15, 0.2) is 18.2 Å². The SMILES string of the molecule is CC(C)SC[C@@H](Oc1cccc(Cl)c1Cl)[C@H]1CCNC1. The van der Waals surface area contributed by atoms with E-state index in [0.29, 0.717) is 27.0 Å². The Balaban J connectivity index is 2.07. The molecule has 0 aromatic heterocycles. The largest absolute Gasteiger partial charge is 0.488 e. The maximum absolute atomic E-state index is 6.23. The molecule has 0 radical (unpaired) electrons. The number of nitrogens with one attached hydrogen (secondary N) is 1. The van der Waals surface area contributed by atoms with Crippen molar-refractivity contribution in [1.82, 2.24) is 5.32 Å². The molecule has 1 aromatic carbocycles. The van der Waals surface area contributed by atoms with E-state index < -0.39 is 0 Å². The summed E-state index contributed by atoms with van der Waals surface area (Å²) in [5, 5.41) is 5.06. The van der Waals surface area contributed by atoms with E-state index in [-0.39, 0.29) is 6.10 Å². The Morgan fingerprint density at radius 1 is 1.40 bits per heavy atom. The summed E-state index contributed by atoms with van der Waals surface area (Å²) in [5.74, 6) is 2.21. The molecule has 1 heterocycles. The Morgan fingerprint density at radius 3 is 2.85 bits per heavy atom. The highest BCUT2D eigenvalue weighted by Crippen LogP contribution is 2.34. The van der Waals surface area contributed by atoms with Crippen LogP contribution in [-0.4, -0.2) is 30.2 Å². The highest BCUT2D eigenvalue weighted by atomic mass is 35.5. The lowest BCUT2D eigenvalue weighted by Crippen LogP contribution is -2.31. The van der Waals surface area contributed by atoms with Gasteiger partial charge in [0.05, 0.1) is 5.02 Å². The smallest absolute Gasteiger partial charge is 0.139 e. The average Bonchev–Trinajstić information content (AvgIpc) is 2.93. The molecule has 5 heteroatoms. The van der Waals surface area contributed by atoms with Gasteiger partial charge in [-0.05, 0) is 30.3 Å². The summed E-state index contributed by atoms with van der Waals surface area (Å²) >= 11 is 14.2. The van der Waals surface area contributed by atoms with Crippen LogP contribution in [0.2, 0.25) is 10.0 Å². The molecule has 0 saturated carbocycles. The molecule has 1 saturated heterocycles. The van der Waals surface area contributed by atoms with E-state index in [2.05, 4.69) is 19.2 Å². The van der Waals surface area contributed by atoms with Crippen LogP contribution in [0.5, 0.6) is 5.75 Å². The van der Waals surface area contributed by atoms with Crippen LogP contribution in [-0.2, 0) is 0 Å². The highest BCUT2D eigenvalue weighted by Gasteiger charge is 2.27. The Kier molecular flexibility index (Phi) is 6.34. The van der Waals surface area contributed by atoms with Crippen LogP contribution < -0.4 is 10.1 Å². The predicted octanol–water partition coefficient (Wildman–Crippen LogP) is 4.49. The van der Waals surface area contributed by atoms with Crippen molar-refractivity contribution in [3.63, 3.8) is 0 Å². The van der Waals surface area contributed by atoms with Gasteiger partial charge in [-0.1, -0.05) is 43.1 Å². The number of rotatable bonds is 6. The number of hydrogen-bond acceptors (Lipinski definition) is 3. The summed E-state index contributed by atoms with van der Waals surface area (Å²) in [6.45, 7) is 6.50. The third-order valence-electron chi connectivity index (χ3n) is 3.41. The van der Waals surface area contributed by atoms with Gasteiger partial charge in [0.1, 0.15) is 16.9 Å². The fourth-order valence-corrected chi connectivity index (χ4v) is 3.54. The molecule has 0 amide bonds. The van der Waals surface area contributed by atoms with Crippen LogP contribution in [0.3, 0.4) is 0 Å². The van der Waals surface area contributed by atoms with E-state index in [1.165, 1.54) is 0 Å². The van der Waals surface area contributed by atoms with Gasteiger partial charge in [0.25, 0.3) is 0 Å². The summed E-state index contributed by atoms with van der Waals surface area (Å²) < 4.78 is 6.18. The van der Waals surface area contributed by atoms with E-state index in [1.54, 1.807) is 6.07 Å². The highest BCUT2D eigenvalue weighted by molar-refractivity contribution is 7.99. The van der Waals surface area contributed by atoms with Crippen LogP contribution in [0.1, 0.15) is 20.3 Å². The summed E-state index contributed by atoms with van der Waals surface area (Å²) in [4.78, 5) is 0. The lowest BCUT2D eigenvalue weighted by molar-refractivity contribution is 0.165. The van der Waals surface area contributed by atoms with Crippen molar-refractivity contribution in [2.75, 3.05) is 18.8 Å². The van der Waals surface area contributed by atoms with Crippen LogP contribution in [0, 0.1) is 5.92 Å². The third-order valence-corrected chi connectivity index (χ3v) is 5.40. The standard InChI is InChI=1S/C15H21Cl2NOS/c1-10(2)20-9-14(11-6-7-18-8-11)19-13-5-3-4-12(16)15(13)17/h3-5,10-11,14,18H,6-9H2,1-2H3/t11-,14+/m0/s1. The third kappa shape index (κ3) is 4.45. The lowest BCUT2D eigenvalue weighted by atomic mass is 10.0. The van der Waals surface area contributed by atoms with Gasteiger partial charge in [0.15, 0.2) is 0 Å². The van der Waals surface area contributed by atoms with Gasteiger partial charge in [-0.3, -0.25) is 0 Å². The first-order valence-electron chi connectivity index (χ1n) is 7.01. The molecule has 0 bridgehead atoms. The second-order valence-electron chi connectivity index (χ2n) is 5.34. The topological polar surface area (TPSA) is 21.3 Å². The molecule has 2 atom stereocenters. The molecule has 0 spiro atoms. The van der Waals surface area contributed by atoms with Crippen molar-refractivity contribution in [3.05, 3.63) is 28.2 Å². The van der Waals surface area contributed by atoms with Gasteiger partial charge >= 0.3 is 0 Å². The number of hydrogen-bond donors (Lipinski definition) is 1. The normalized spacial score (nSPS) is 20.4. The minimum Gasteiger partial charge on any atom is -0.488 e. The van der Waals surface area contributed by atoms with Crippen LogP contribution in [0.25, 0.3) is 0 Å². The molecule has 1 aliphatic heterocycles. The first kappa shape index (κ1) is 16.3. The molecule has 1 fully saturated rings. The molecule has 1 aliphatic rings. The van der Waals surface area contributed by atoms with Gasteiger partial charge < -0.3 is 10.1 Å². The number of benzene rings is 1. The van der Waals surface area contributed by atoms with Gasteiger partial charge in [0, 0.05) is 18.2 Å². The van der Waals surface area contributed by atoms with Crippen molar-refractivity contribution in [2.45, 2.75) is 31.6 Å². The van der Waals surface area contributed by atoms with Crippen molar-refractivity contribution >= 4 is 35.0 Å². The summed E-state index contributed by atoms with van der Waals surface area (Å²) in [6.07, 6.45) is 1.33. The lowest BCUT2D eigenvalue weighted by Gasteiger charge is -2.25. The molecule has 2 rings (SSSR count). The minimum atomic E-state index is 0.174. The van der Waals surface area contributed by atoms with E-state index >= 15 is 0 Å². The van der Waals surface area contributed by atoms with Crippen molar-refractivity contribution in [2.24, 2.45) is 5.92 Å². The van der Waals surface area contributed by atoms with Gasteiger partial charge in [-0.2, -0.15) is 11.8 Å². The van der Waals surface area contributed by atoms with Crippen molar-refractivity contribution in [3.8, 4) is 5.75 Å². The molecule has 1 aromatic rings. The second-order valence-corrected chi connectivity index (χ2v) is 7.74. The monoisotopic (exact) mass is 333 g/mol. The molecule has 0 unspecified atom stereocenters. The van der Waals surface area contributed by atoms with Gasteiger partial charge in [0.2, 0.25) is 0 Å². The van der Waals surface area contributed by atoms with Crippen LogP contribution >= 0.6 is 35.0 Å².